The highest BCUT2D eigenvalue weighted by Gasteiger charge is 2.61. The number of ether oxygens (including phenoxy) is 4. The number of Topliss-reactive ketones (excluding diaryl/α,β-unsaturated/α-hetero) is 2. The van der Waals surface area contributed by atoms with Crippen molar-refractivity contribution < 1.29 is 139 Å². The average Bonchev–Trinajstić information content (AvgIpc) is 1.32. The number of hydrogen-bond donors (Lipinski definition) is 7. The number of aliphatic imine (C=N–C) groups is 2. The zero-order chi connectivity index (χ0) is 109. The van der Waals surface area contributed by atoms with Crippen LogP contribution in [0.1, 0.15) is 170 Å². The molecule has 62 heteroatoms. The Labute approximate surface area is 901 Å². The number of ketones is 2. The quantitative estimate of drug-likeness (QED) is 0.00951. The van der Waals surface area contributed by atoms with E-state index in [4.69, 9.17) is 112 Å². The van der Waals surface area contributed by atoms with Gasteiger partial charge in [0, 0.05) is 87.6 Å². The summed E-state index contributed by atoms with van der Waals surface area (Å²) in [5.74, 6) is -3.51. The molecule has 21 atom stereocenters. The maximum Gasteiger partial charge on any atom is 0.695 e. The Morgan fingerprint density at radius 3 is 1.89 bits per heavy atom. The van der Waals surface area contributed by atoms with Crippen LogP contribution in [-0.4, -0.2) is 264 Å². The molecule has 2 aromatic carbocycles. The van der Waals surface area contributed by atoms with E-state index in [2.05, 4.69) is 108 Å². The van der Waals surface area contributed by atoms with E-state index in [1.54, 1.807) is 88.4 Å². The average molecular weight is 2500 g/mol. The third-order valence-electron chi connectivity index (χ3n) is 25.6. The van der Waals surface area contributed by atoms with Gasteiger partial charge in [-0.1, -0.05) is 119 Å². The van der Waals surface area contributed by atoms with E-state index < -0.39 is 218 Å². The highest BCUT2D eigenvalue weighted by atomic mass is 128. The molecule has 0 spiro atoms. The fraction of sp³-hybridized carbons (Fsp3) is 0.568. The molecular formula is C88H114ClF2I2N19O29P5S2Si2+. The van der Waals surface area contributed by atoms with E-state index in [1.165, 1.54) is 45.2 Å². The molecule has 0 saturated carbocycles. The Morgan fingerprint density at radius 2 is 1.29 bits per heavy atom. The van der Waals surface area contributed by atoms with Gasteiger partial charge in [-0.15, -0.1) is 9.42 Å². The van der Waals surface area contributed by atoms with Crippen LogP contribution in [0.4, 0.5) is 31.9 Å². The van der Waals surface area contributed by atoms with E-state index in [-0.39, 0.29) is 135 Å². The Hall–Kier alpha value is -7.20. The lowest BCUT2D eigenvalue weighted by molar-refractivity contribution is -0.122. The van der Waals surface area contributed by atoms with Gasteiger partial charge >= 0.3 is 36.5 Å². The number of benzene rings is 2. The van der Waals surface area contributed by atoms with Gasteiger partial charge in [0.25, 0.3) is 17.4 Å². The van der Waals surface area contributed by atoms with E-state index in [1.807, 2.05) is 93.7 Å². The number of aliphatic hydroxyl groups excluding tert-OH is 1. The highest BCUT2D eigenvalue weighted by molar-refractivity contribution is 15.0. The Bertz CT molecular complexity index is 6680. The number of alkyl halides is 2. The zero-order valence-corrected chi connectivity index (χ0v) is 97.0. The summed E-state index contributed by atoms with van der Waals surface area (Å²) in [6, 6.07) is 20.7. The molecule has 8 aromatic rings. The van der Waals surface area contributed by atoms with Crippen LogP contribution in [0.2, 0.25) is 36.3 Å². The van der Waals surface area contributed by atoms with Crippen molar-refractivity contribution in [2.75, 3.05) is 63.5 Å². The van der Waals surface area contributed by atoms with Crippen LogP contribution in [-0.2, 0) is 131 Å². The number of anilines is 2. The van der Waals surface area contributed by atoms with Gasteiger partial charge in [-0.05, 0) is 84.1 Å². The number of amidine groups is 1. The highest BCUT2D eigenvalue weighted by Crippen LogP contribution is 2.62. The molecule has 6 saturated heterocycles. The fourth-order valence-corrected chi connectivity index (χ4v) is 25.2. The first kappa shape index (κ1) is 120. The Kier molecular flexibility index (Phi) is 40.0. The number of amides is 3. The van der Waals surface area contributed by atoms with Crippen molar-refractivity contribution in [1.82, 2.24) is 63.9 Å². The molecular weight excluding hydrogens is 2390 g/mol. The molecule has 8 aliphatic rings. The molecule has 3 amide bonds. The van der Waals surface area contributed by atoms with E-state index in [0.29, 0.717) is 24.3 Å². The predicted octanol–water partition coefficient (Wildman–Crippen LogP) is 15.5. The maximum atomic E-state index is 17.0. The summed E-state index contributed by atoms with van der Waals surface area (Å²) < 4.78 is 178. The zero-order valence-electron chi connectivity index (χ0n) is 83.8. The summed E-state index contributed by atoms with van der Waals surface area (Å²) >= 11 is 21.6. The number of phosphoric ester groups is 1. The number of aliphatic hydroxyl groups is 1. The van der Waals surface area contributed by atoms with Gasteiger partial charge in [-0.2, -0.15) is 10.5 Å². The number of nitrogens with zero attached hydrogens (tertiary/aromatic N) is 15. The van der Waals surface area contributed by atoms with Crippen LogP contribution in [0.5, 0.6) is 0 Å². The molecule has 150 heavy (non-hydrogen) atoms. The normalized spacial score (nSPS) is 27.6. The van der Waals surface area contributed by atoms with Crippen LogP contribution in [0.15, 0.2) is 107 Å². The summed E-state index contributed by atoms with van der Waals surface area (Å²) in [5.41, 5.74) is 0.321. The second kappa shape index (κ2) is 50.1. The van der Waals surface area contributed by atoms with Crippen molar-refractivity contribution >= 4 is 212 Å². The third kappa shape index (κ3) is 28.7. The van der Waals surface area contributed by atoms with Crippen molar-refractivity contribution in [2.45, 2.75) is 249 Å². The van der Waals surface area contributed by atoms with Gasteiger partial charge < -0.3 is 76.8 Å². The summed E-state index contributed by atoms with van der Waals surface area (Å²) in [7, 11) is -14.2. The number of carbonyl (C=O) groups excluding carboxylic acids is 5. The van der Waals surface area contributed by atoms with Crippen LogP contribution in [0.3, 0.4) is 0 Å². The standard InChI is InChI=1S/C42H52FN9O13P2SSi.C41H51FN10O13P2SSi.C5H10ClO3P.I2/c1-22(2)39(55)50-28-16-25(54)31-38(49-28)52(21-48-31)41-36(35(26(18-53)62-41)65-69(6,7)42(3,4)5)64-67(68,59-15-11-14-44)60-19-27-34(63-66(57)58)29(43)33(61-27)24-17-45-32-30(24)46-20-47-37(32)51-40(56)23-12-9-8-10-13-23;1-22(2)24(53)16-27-48-36-30(38(55)49-27)47-21-52(36)40-33-32(65-69(6,7)41(3,4)5)26(62-40)17-59-66(56,57)63-31-25(18-60-67(68,64-33)58-15-11-14-43)61-39(28(31)42)51-20-46-29-34(44-19-45-35(29)51)50-37(54)23-12-9-8-10-13-23;1-5(2)3-8-10(6,7)9-4-5;1-2/h8-10,12-13,17,20-22,24,26-27,29,33-36,41,53H,11,15-16,18-19H2,1-7H3,(H2-,46,47,49,50,51,54,55,56,57,58);8-10,12-13,19-22,25-26,28,31-33,39-40H,11,15-18H2,1-7H3,(H,56,57)(H,48,49,55)(H,44,45,50,54);3-4H2,1-2H3;/p+1/t24?,26-,27-,29+,33+,34-,35-,36-,41-,67?;25-,26-,28-,31-,32-,33-,39-,40-,67?;;/m11../s1. The van der Waals surface area contributed by atoms with Gasteiger partial charge in [0.15, 0.2) is 105 Å². The van der Waals surface area contributed by atoms with Gasteiger partial charge in [0.05, 0.1) is 121 Å². The lowest BCUT2D eigenvalue weighted by Crippen LogP contribution is -2.50. The van der Waals surface area contributed by atoms with Crippen LogP contribution >= 0.6 is 84.9 Å². The van der Waals surface area contributed by atoms with Crippen LogP contribution in [0, 0.1) is 39.9 Å². The number of rotatable bonds is 30. The first-order valence-electron chi connectivity index (χ1n) is 46.9. The SMILES string of the molecule is CC(C)C(=O)Cc1nc2c(ncn2[C@@H]2O[C@@H]3COP(=O)(O)O[C@H]4[C@@H](F)[C@H](n5cnc6c(NC(=O)c7ccccc7)ncnc65)O[C@@H]4COP(=S)(OCCC#N)O[C@@H]2[C@@H]3O[Si](C)(C)C(C)(C)C)c(=O)[nH]1.CC(C)C(=O)NC1=Nc2c(ncn2[C@@H]2O[C@H](CO)[C@@H](O[Si](C)(C)C(C)(C)C)[C@H]2OP(=S)(OCCC#N)OC[C@H]2O[C@@H](C3C=Nc4c(NC(=O)c5ccccc5)ncnc43)[C@H](F)[C@@H]2O[P+](=O)O)C(=O)C1.CC1(C)COP(=O)(Cl)OC1.II. The molecule has 8 aliphatic heterocycles. The number of H-pyrrole nitrogens is 1. The summed E-state index contributed by atoms with van der Waals surface area (Å²) in [6.07, 6.45) is -17.1. The molecule has 2 bridgehead atoms. The topological polar surface area (TPSA) is 613 Å². The van der Waals surface area contributed by atoms with Gasteiger partial charge in [0.2, 0.25) is 5.91 Å². The number of halogens is 5. The number of fused-ring (bicyclic) bond motifs is 7. The van der Waals surface area contributed by atoms with Gasteiger partial charge in [0.1, 0.15) is 96.8 Å². The van der Waals surface area contributed by atoms with E-state index in [0.717, 1.165) is 6.33 Å². The minimum atomic E-state index is -5.25. The Balaban J connectivity index is 0.000000225. The molecule has 14 heterocycles. The van der Waals surface area contributed by atoms with Crippen molar-refractivity contribution in [1.29, 1.82) is 10.5 Å². The minimum Gasteiger partial charge on any atom is -0.408 e. The smallest absolute Gasteiger partial charge is 0.408 e. The number of nitrogens with one attached hydrogen (secondary N) is 4. The van der Waals surface area contributed by atoms with Crippen molar-refractivity contribution in [3.8, 4) is 12.1 Å². The summed E-state index contributed by atoms with van der Waals surface area (Å²) in [6.45, 7) is 16.7. The molecule has 814 valence electrons. The Morgan fingerprint density at radius 1 is 0.700 bits per heavy atom. The van der Waals surface area contributed by atoms with Crippen LogP contribution in [0.25, 0.3) is 22.3 Å². The second-order valence-electron chi connectivity index (χ2n) is 39.7. The molecule has 0 aliphatic carbocycles. The van der Waals surface area contributed by atoms with Crippen molar-refractivity contribution in [2.24, 2.45) is 27.2 Å². The van der Waals surface area contributed by atoms with Crippen molar-refractivity contribution in [3.05, 3.63) is 131 Å². The first-order chi connectivity index (χ1) is 70.6. The largest absolute Gasteiger partial charge is 0.695 e. The van der Waals surface area contributed by atoms with E-state index >= 15 is 8.78 Å². The number of nitriles is 2. The predicted molar refractivity (Wildman–Crippen MR) is 567 cm³/mol. The molecule has 5 unspecified atom stereocenters. The number of hydrogen-bond acceptors (Lipinski definition) is 41. The van der Waals surface area contributed by atoms with E-state index in [9.17, 15) is 67.9 Å². The number of aromatic amines is 1. The monoisotopic (exact) mass is 2500 g/mol. The third-order valence-corrected chi connectivity index (χ3v) is 42.1. The summed E-state index contributed by atoms with van der Waals surface area (Å²) in [5, 5.41) is 37.1. The van der Waals surface area contributed by atoms with Crippen molar-refractivity contribution in [3.63, 3.8) is 0 Å². The van der Waals surface area contributed by atoms with Crippen LogP contribution < -0.4 is 21.5 Å². The van der Waals surface area contributed by atoms with Gasteiger partial charge in [-0.25, -0.2) is 62.8 Å². The maximum absolute atomic E-state index is 17.0. The molecule has 0 radical (unpaired) electrons. The molecule has 7 N–H and O–H groups in total. The fourth-order valence-electron chi connectivity index (χ4n) is 15.6. The summed E-state index contributed by atoms with van der Waals surface area (Å²) in [4.78, 5) is 146. The number of carbonyl (C=O) groups is 5. The molecule has 6 aromatic heterocycles. The minimum absolute atomic E-state index is 0.00123. The lowest BCUT2D eigenvalue weighted by atomic mass is 9.95. The molecule has 16 rings (SSSR count). The number of imidazole rings is 3. The first-order valence-corrected chi connectivity index (χ1v) is 69.2. The molecule has 6 fully saturated rings. The number of aromatic nitrogens is 12. The number of phosphoric acid groups is 1. The second-order valence-corrected chi connectivity index (χ2v) is 59.8. The lowest BCUT2D eigenvalue weighted by Gasteiger charge is -2.41. The van der Waals surface area contributed by atoms with Gasteiger partial charge in [-0.3, -0.25) is 74.6 Å². The molecule has 48 nitrogen and oxygen atoms in total.